The first-order valence-electron chi connectivity index (χ1n) is 4.61. The van der Waals surface area contributed by atoms with E-state index in [1.54, 1.807) is 12.1 Å². The van der Waals surface area contributed by atoms with Crippen LogP contribution >= 0.6 is 23.2 Å². The van der Waals surface area contributed by atoms with Crippen LogP contribution in [0, 0.1) is 5.82 Å². The predicted octanol–water partition coefficient (Wildman–Crippen LogP) is 3.76. The average molecular weight is 248 g/mol. The molecular weight excluding hydrogens is 236 g/mol. The highest BCUT2D eigenvalue weighted by atomic mass is 35.5. The summed E-state index contributed by atoms with van der Waals surface area (Å²) < 4.78 is 13.2. The van der Waals surface area contributed by atoms with Gasteiger partial charge in [0.1, 0.15) is 5.82 Å². The number of hydrogen-bond donors (Lipinski definition) is 1. The summed E-state index contributed by atoms with van der Waals surface area (Å²) in [5.74, 6) is -0.488. The summed E-state index contributed by atoms with van der Waals surface area (Å²) >= 11 is 11.5. The van der Waals surface area contributed by atoms with Gasteiger partial charge in [0, 0.05) is 5.02 Å². The van der Waals surface area contributed by atoms with Crippen molar-refractivity contribution in [1.29, 1.82) is 0 Å². The van der Waals surface area contributed by atoms with Gasteiger partial charge in [0.15, 0.2) is 0 Å². The van der Waals surface area contributed by atoms with Crippen LogP contribution in [-0.2, 0) is 0 Å². The van der Waals surface area contributed by atoms with E-state index >= 15 is 0 Å². The van der Waals surface area contributed by atoms with Gasteiger partial charge >= 0.3 is 0 Å². The van der Waals surface area contributed by atoms with Crippen molar-refractivity contribution in [3.63, 3.8) is 0 Å². The van der Waals surface area contributed by atoms with Gasteiger partial charge in [0.25, 0.3) is 0 Å². The Morgan fingerprint density at radius 3 is 2.80 bits per heavy atom. The van der Waals surface area contributed by atoms with Crippen LogP contribution in [0.15, 0.2) is 18.2 Å². The lowest BCUT2D eigenvalue weighted by Crippen LogP contribution is -2.05. The number of benzene rings is 1. The molecule has 1 rings (SSSR count). The van der Waals surface area contributed by atoms with Gasteiger partial charge in [-0.1, -0.05) is 35.4 Å². The van der Waals surface area contributed by atoms with Crippen molar-refractivity contribution in [1.82, 2.24) is 5.32 Å². The molecule has 0 unspecified atom stereocenters. The fraction of sp³-hybridized carbons (Fsp3) is 0.273. The highest BCUT2D eigenvalue weighted by Crippen LogP contribution is 2.25. The third kappa shape index (κ3) is 3.82. The van der Waals surface area contributed by atoms with Gasteiger partial charge in [-0.25, -0.2) is 4.39 Å². The van der Waals surface area contributed by atoms with Crippen molar-refractivity contribution in [2.24, 2.45) is 0 Å². The Morgan fingerprint density at radius 1 is 1.40 bits per heavy atom. The molecule has 0 atom stereocenters. The van der Waals surface area contributed by atoms with Crippen molar-refractivity contribution in [3.05, 3.63) is 39.6 Å². The molecule has 0 aromatic heterocycles. The highest BCUT2D eigenvalue weighted by Gasteiger charge is 2.05. The fourth-order valence-electron chi connectivity index (χ4n) is 1.14. The lowest BCUT2D eigenvalue weighted by molar-refractivity contribution is 0.628. The normalized spacial score (nSPS) is 11.2. The number of rotatable bonds is 4. The molecule has 82 valence electrons. The van der Waals surface area contributed by atoms with E-state index in [1.807, 2.05) is 13.1 Å². The minimum atomic E-state index is -0.488. The zero-order chi connectivity index (χ0) is 11.3. The molecule has 0 saturated heterocycles. The Balaban J connectivity index is 2.80. The maximum absolute atomic E-state index is 13.2. The zero-order valence-corrected chi connectivity index (χ0v) is 9.87. The molecule has 1 aromatic rings. The standard InChI is InChI=1S/C11H12Cl2FN/c1-15-5-3-2-4-8-6-9(12)7-10(14)11(8)13/h2,4,6-7,15H,3,5H2,1H3. The molecule has 1 aromatic carbocycles. The summed E-state index contributed by atoms with van der Waals surface area (Å²) in [5, 5.41) is 3.47. The summed E-state index contributed by atoms with van der Waals surface area (Å²) in [6, 6.07) is 2.84. The monoisotopic (exact) mass is 247 g/mol. The molecule has 0 bridgehead atoms. The third-order valence-corrected chi connectivity index (χ3v) is 2.50. The summed E-state index contributed by atoms with van der Waals surface area (Å²) in [4.78, 5) is 0. The lowest BCUT2D eigenvalue weighted by Gasteiger charge is -2.01. The van der Waals surface area contributed by atoms with E-state index in [0.29, 0.717) is 10.6 Å². The second kappa shape index (κ2) is 6.11. The minimum absolute atomic E-state index is 0.111. The molecule has 1 nitrogen and oxygen atoms in total. The Hall–Kier alpha value is -0.570. The molecule has 0 amide bonds. The van der Waals surface area contributed by atoms with E-state index in [-0.39, 0.29) is 5.02 Å². The van der Waals surface area contributed by atoms with Gasteiger partial charge in [-0.2, -0.15) is 0 Å². The average Bonchev–Trinajstić information content (AvgIpc) is 2.19. The molecule has 15 heavy (non-hydrogen) atoms. The van der Waals surface area contributed by atoms with Crippen LogP contribution < -0.4 is 5.32 Å². The molecule has 0 fully saturated rings. The fourth-order valence-corrected chi connectivity index (χ4v) is 1.52. The predicted molar refractivity (Wildman–Crippen MR) is 64.0 cm³/mol. The van der Waals surface area contributed by atoms with E-state index < -0.39 is 5.82 Å². The molecule has 0 saturated carbocycles. The van der Waals surface area contributed by atoms with Gasteiger partial charge in [-0.3, -0.25) is 0 Å². The smallest absolute Gasteiger partial charge is 0.143 e. The lowest BCUT2D eigenvalue weighted by atomic mass is 10.2. The molecule has 0 aliphatic rings. The first-order valence-corrected chi connectivity index (χ1v) is 5.36. The molecule has 0 aliphatic heterocycles. The molecule has 0 spiro atoms. The van der Waals surface area contributed by atoms with Gasteiger partial charge in [0.05, 0.1) is 5.02 Å². The molecular formula is C11H12Cl2FN. The second-order valence-corrected chi connectivity index (χ2v) is 3.90. The molecule has 4 heteroatoms. The zero-order valence-electron chi connectivity index (χ0n) is 8.36. The van der Waals surface area contributed by atoms with Gasteiger partial charge in [-0.15, -0.1) is 0 Å². The first kappa shape index (κ1) is 12.5. The van der Waals surface area contributed by atoms with Crippen LogP contribution in [0.5, 0.6) is 0 Å². The van der Waals surface area contributed by atoms with Crippen LogP contribution in [0.1, 0.15) is 12.0 Å². The van der Waals surface area contributed by atoms with Crippen LogP contribution in [0.4, 0.5) is 4.39 Å². The quantitative estimate of drug-likeness (QED) is 0.632. The topological polar surface area (TPSA) is 12.0 Å². The first-order chi connectivity index (χ1) is 7.15. The Morgan fingerprint density at radius 2 is 2.13 bits per heavy atom. The second-order valence-electron chi connectivity index (χ2n) is 3.09. The molecule has 0 heterocycles. The van der Waals surface area contributed by atoms with Gasteiger partial charge in [-0.05, 0) is 37.7 Å². The van der Waals surface area contributed by atoms with Crippen LogP contribution in [0.3, 0.4) is 0 Å². The Kier molecular flexibility index (Phi) is 5.09. The van der Waals surface area contributed by atoms with E-state index in [0.717, 1.165) is 13.0 Å². The third-order valence-electron chi connectivity index (χ3n) is 1.88. The van der Waals surface area contributed by atoms with E-state index in [9.17, 15) is 4.39 Å². The molecule has 0 radical (unpaired) electrons. The van der Waals surface area contributed by atoms with Crippen LogP contribution in [0.25, 0.3) is 6.08 Å². The molecule has 1 N–H and O–H groups in total. The minimum Gasteiger partial charge on any atom is -0.319 e. The number of hydrogen-bond acceptors (Lipinski definition) is 1. The summed E-state index contributed by atoms with van der Waals surface area (Å²) in [6.07, 6.45) is 4.56. The van der Waals surface area contributed by atoms with Crippen molar-refractivity contribution in [3.8, 4) is 0 Å². The SMILES string of the molecule is CNCCC=Cc1cc(Cl)cc(F)c1Cl. The summed E-state index contributed by atoms with van der Waals surface area (Å²) in [6.45, 7) is 0.872. The number of nitrogens with one attached hydrogen (secondary N) is 1. The van der Waals surface area contributed by atoms with Crippen molar-refractivity contribution in [2.75, 3.05) is 13.6 Å². The molecule has 0 aliphatic carbocycles. The Bertz CT molecular complexity index is 364. The highest BCUT2D eigenvalue weighted by molar-refractivity contribution is 6.34. The van der Waals surface area contributed by atoms with E-state index in [1.165, 1.54) is 6.07 Å². The Labute approximate surface area is 98.9 Å². The van der Waals surface area contributed by atoms with E-state index in [2.05, 4.69) is 5.32 Å². The van der Waals surface area contributed by atoms with Crippen molar-refractivity contribution < 1.29 is 4.39 Å². The largest absolute Gasteiger partial charge is 0.319 e. The van der Waals surface area contributed by atoms with Gasteiger partial charge in [0.2, 0.25) is 0 Å². The van der Waals surface area contributed by atoms with E-state index in [4.69, 9.17) is 23.2 Å². The summed E-state index contributed by atoms with van der Waals surface area (Å²) in [5.41, 5.74) is 0.609. The van der Waals surface area contributed by atoms with Gasteiger partial charge < -0.3 is 5.32 Å². The number of halogens is 3. The van der Waals surface area contributed by atoms with Crippen LogP contribution in [0.2, 0.25) is 10.0 Å². The summed E-state index contributed by atoms with van der Waals surface area (Å²) in [7, 11) is 1.87. The van der Waals surface area contributed by atoms with Crippen molar-refractivity contribution >= 4 is 29.3 Å². The van der Waals surface area contributed by atoms with Crippen LogP contribution in [-0.4, -0.2) is 13.6 Å². The maximum atomic E-state index is 13.2. The van der Waals surface area contributed by atoms with Crippen molar-refractivity contribution in [2.45, 2.75) is 6.42 Å². The maximum Gasteiger partial charge on any atom is 0.143 e.